The molecule has 3 nitrogen and oxygen atoms in total. The Labute approximate surface area is 201 Å². The van der Waals surface area contributed by atoms with Crippen LogP contribution in [0.1, 0.15) is 44.1 Å². The molecule has 0 amide bonds. The van der Waals surface area contributed by atoms with E-state index in [1.165, 1.54) is 55.5 Å². The number of hydrogen-bond donors (Lipinski definition) is 2. The molecule has 4 saturated carbocycles. The standard InChI is InChI=1S/C25H32N2O.C2H6S.B/c1-28-22-8-6-18(7-9-22)16-26-23-4-2-3-5-24(23)27-17-25-13-19-10-20(14-25)12-21(11-19)15-25;1-3-2;/h2-9,19-21,26-27H,10-17H2,1H3;1-2H3;. The summed E-state index contributed by atoms with van der Waals surface area (Å²) in [5.41, 5.74) is 4.25. The molecular formula is C27H38BN2OS. The summed E-state index contributed by atoms with van der Waals surface area (Å²) in [5.74, 6) is 3.94. The van der Waals surface area contributed by atoms with Crippen LogP contribution in [0.5, 0.6) is 5.75 Å². The topological polar surface area (TPSA) is 33.3 Å². The molecule has 0 aromatic heterocycles. The number of ether oxygens (including phenoxy) is 1. The van der Waals surface area contributed by atoms with Crippen LogP contribution in [0, 0.1) is 23.2 Å². The quantitative estimate of drug-likeness (QED) is 0.471. The molecule has 0 atom stereocenters. The van der Waals surface area contributed by atoms with Crippen LogP contribution >= 0.6 is 11.8 Å². The van der Waals surface area contributed by atoms with Crippen molar-refractivity contribution in [2.24, 2.45) is 23.2 Å². The Balaban J connectivity index is 0.000000686. The second kappa shape index (κ2) is 11.4. The van der Waals surface area contributed by atoms with Gasteiger partial charge in [-0.15, -0.1) is 0 Å². The Bertz CT molecular complexity index is 807. The minimum Gasteiger partial charge on any atom is -0.497 e. The molecule has 0 aliphatic heterocycles. The zero-order valence-electron chi connectivity index (χ0n) is 19.9. The van der Waals surface area contributed by atoms with Gasteiger partial charge in [0.05, 0.1) is 18.5 Å². The molecule has 4 aliphatic rings. The van der Waals surface area contributed by atoms with E-state index in [1.807, 2.05) is 24.6 Å². The molecule has 2 N–H and O–H groups in total. The first-order valence-electron chi connectivity index (χ1n) is 11.7. The van der Waals surface area contributed by atoms with Crippen molar-refractivity contribution in [2.45, 2.75) is 45.1 Å². The zero-order valence-corrected chi connectivity index (χ0v) is 20.7. The first kappa shape index (κ1) is 24.9. The minimum atomic E-state index is 0. The van der Waals surface area contributed by atoms with Gasteiger partial charge in [0.25, 0.3) is 0 Å². The fraction of sp³-hybridized carbons (Fsp3) is 0.556. The van der Waals surface area contributed by atoms with Crippen LogP contribution in [0.25, 0.3) is 0 Å². The van der Waals surface area contributed by atoms with Gasteiger partial charge >= 0.3 is 0 Å². The Kier molecular flexibility index (Phi) is 8.87. The first-order valence-corrected chi connectivity index (χ1v) is 13.4. The molecule has 32 heavy (non-hydrogen) atoms. The van der Waals surface area contributed by atoms with E-state index in [-0.39, 0.29) is 8.41 Å². The number of nitrogens with one attached hydrogen (secondary N) is 2. The number of hydrogen-bond acceptors (Lipinski definition) is 4. The van der Waals surface area contributed by atoms with Crippen LogP contribution in [0.15, 0.2) is 48.5 Å². The molecular weight excluding hydrogens is 411 g/mol. The van der Waals surface area contributed by atoms with Gasteiger partial charge in [0.2, 0.25) is 0 Å². The highest BCUT2D eigenvalue weighted by Gasteiger charge is 2.50. The van der Waals surface area contributed by atoms with Crippen LogP contribution in [-0.2, 0) is 6.54 Å². The summed E-state index contributed by atoms with van der Waals surface area (Å²) in [4.78, 5) is 0. The van der Waals surface area contributed by atoms with Crippen molar-refractivity contribution >= 4 is 31.5 Å². The highest BCUT2D eigenvalue weighted by atomic mass is 32.2. The molecule has 2 aromatic rings. The van der Waals surface area contributed by atoms with E-state index in [0.29, 0.717) is 5.41 Å². The summed E-state index contributed by atoms with van der Waals surface area (Å²) >= 11 is 1.75. The molecule has 6 rings (SSSR count). The van der Waals surface area contributed by atoms with Gasteiger partial charge < -0.3 is 15.4 Å². The van der Waals surface area contributed by atoms with Crippen molar-refractivity contribution in [3.8, 4) is 5.75 Å². The largest absolute Gasteiger partial charge is 0.497 e. The van der Waals surface area contributed by atoms with Crippen molar-refractivity contribution in [1.29, 1.82) is 0 Å². The van der Waals surface area contributed by atoms with Crippen molar-refractivity contribution in [2.75, 3.05) is 36.8 Å². The number of thioether (sulfide) groups is 1. The van der Waals surface area contributed by atoms with Crippen molar-refractivity contribution < 1.29 is 4.74 Å². The number of methoxy groups -OCH3 is 1. The van der Waals surface area contributed by atoms with E-state index in [4.69, 9.17) is 4.74 Å². The summed E-state index contributed by atoms with van der Waals surface area (Å²) in [6, 6.07) is 17.0. The molecule has 0 unspecified atom stereocenters. The summed E-state index contributed by atoms with van der Waals surface area (Å²) in [6.07, 6.45) is 13.0. The molecule has 4 bridgehead atoms. The van der Waals surface area contributed by atoms with Crippen LogP contribution in [0.3, 0.4) is 0 Å². The molecule has 5 heteroatoms. The lowest BCUT2D eigenvalue weighted by Crippen LogP contribution is -2.49. The molecule has 0 spiro atoms. The van der Waals surface area contributed by atoms with Gasteiger partial charge in [0, 0.05) is 21.5 Å². The SMILES string of the molecule is COc1ccc(CNc2ccccc2NCC23CC4CC(CC(C4)C2)C3)cc1.CSC.[B]. The van der Waals surface area contributed by atoms with Gasteiger partial charge in [0.1, 0.15) is 5.75 Å². The third-order valence-electron chi connectivity index (χ3n) is 7.39. The highest BCUT2D eigenvalue weighted by Crippen LogP contribution is 2.60. The maximum Gasteiger partial charge on any atom is 0.118 e. The molecule has 0 saturated heterocycles. The zero-order chi connectivity index (χ0) is 21.7. The Morgan fingerprint density at radius 1 is 0.844 bits per heavy atom. The van der Waals surface area contributed by atoms with E-state index in [9.17, 15) is 0 Å². The Morgan fingerprint density at radius 2 is 1.34 bits per heavy atom. The van der Waals surface area contributed by atoms with E-state index in [0.717, 1.165) is 36.6 Å². The number of benzene rings is 2. The average Bonchev–Trinajstić information content (AvgIpc) is 2.77. The third kappa shape index (κ3) is 5.98. The van der Waals surface area contributed by atoms with Crippen molar-refractivity contribution in [1.82, 2.24) is 0 Å². The summed E-state index contributed by atoms with van der Waals surface area (Å²) in [7, 11) is 1.71. The van der Waals surface area contributed by atoms with Gasteiger partial charge in [-0.3, -0.25) is 0 Å². The fourth-order valence-electron chi connectivity index (χ4n) is 6.52. The van der Waals surface area contributed by atoms with Crippen LogP contribution in [-0.4, -0.2) is 34.6 Å². The maximum atomic E-state index is 5.25. The lowest BCUT2D eigenvalue weighted by atomic mass is 9.49. The fourth-order valence-corrected chi connectivity index (χ4v) is 6.52. The molecule has 2 aromatic carbocycles. The van der Waals surface area contributed by atoms with Crippen LogP contribution < -0.4 is 15.4 Å². The maximum absolute atomic E-state index is 5.25. The third-order valence-corrected chi connectivity index (χ3v) is 7.39. The van der Waals surface area contributed by atoms with E-state index >= 15 is 0 Å². The van der Waals surface area contributed by atoms with Crippen LogP contribution in [0.2, 0.25) is 0 Å². The predicted octanol–water partition coefficient (Wildman–Crippen LogP) is 6.53. The molecule has 3 radical (unpaired) electrons. The lowest BCUT2D eigenvalue weighted by molar-refractivity contribution is -0.0444. The van der Waals surface area contributed by atoms with Gasteiger partial charge in [-0.25, -0.2) is 0 Å². The van der Waals surface area contributed by atoms with Crippen molar-refractivity contribution in [3.05, 3.63) is 54.1 Å². The Morgan fingerprint density at radius 3 is 1.84 bits per heavy atom. The van der Waals surface area contributed by atoms with Gasteiger partial charge in [-0.2, -0.15) is 11.8 Å². The normalized spacial score (nSPS) is 27.0. The van der Waals surface area contributed by atoms with E-state index in [1.54, 1.807) is 18.9 Å². The van der Waals surface area contributed by atoms with Gasteiger partial charge in [-0.1, -0.05) is 24.3 Å². The number of para-hydroxylation sites is 2. The molecule has 171 valence electrons. The molecule has 4 aliphatic carbocycles. The second-order valence-corrected chi connectivity index (χ2v) is 10.7. The lowest BCUT2D eigenvalue weighted by Gasteiger charge is -2.57. The number of anilines is 2. The first-order chi connectivity index (χ1) is 15.1. The minimum absolute atomic E-state index is 0. The van der Waals surface area contributed by atoms with Crippen LogP contribution in [0.4, 0.5) is 11.4 Å². The van der Waals surface area contributed by atoms with E-state index < -0.39 is 0 Å². The molecule has 4 fully saturated rings. The summed E-state index contributed by atoms with van der Waals surface area (Å²) in [5, 5.41) is 7.46. The average molecular weight is 449 g/mol. The van der Waals surface area contributed by atoms with Gasteiger partial charge in [-0.05, 0) is 104 Å². The van der Waals surface area contributed by atoms with Crippen molar-refractivity contribution in [3.63, 3.8) is 0 Å². The summed E-state index contributed by atoms with van der Waals surface area (Å²) in [6.45, 7) is 1.96. The molecule has 0 heterocycles. The Hall–Kier alpha value is -1.75. The monoisotopic (exact) mass is 449 g/mol. The number of rotatable bonds is 7. The van der Waals surface area contributed by atoms with E-state index in [2.05, 4.69) is 47.0 Å². The van der Waals surface area contributed by atoms with Gasteiger partial charge in [0.15, 0.2) is 0 Å². The smallest absolute Gasteiger partial charge is 0.118 e. The second-order valence-electron chi connectivity index (χ2n) is 9.93. The predicted molar refractivity (Wildman–Crippen MR) is 141 cm³/mol. The summed E-state index contributed by atoms with van der Waals surface area (Å²) < 4.78 is 5.25. The highest BCUT2D eigenvalue weighted by molar-refractivity contribution is 7.97.